The average molecular weight is 148 g/mol. The van der Waals surface area contributed by atoms with Crippen LogP contribution in [0.2, 0.25) is 0 Å². The number of hydrogen-bond donors (Lipinski definition) is 1. The van der Waals surface area contributed by atoms with Crippen molar-refractivity contribution in [3.8, 4) is 0 Å². The lowest BCUT2D eigenvalue weighted by Gasteiger charge is -1.79. The number of carbonyl (C=O) groups excluding carboxylic acids is 1. The van der Waals surface area contributed by atoms with Gasteiger partial charge in [-0.1, -0.05) is 0 Å². The molecule has 0 aliphatic heterocycles. The Labute approximate surface area is 51.8 Å². The van der Waals surface area contributed by atoms with Gasteiger partial charge in [-0.15, -0.1) is 0 Å². The molecule has 0 aromatic heterocycles. The number of nitrogens with zero attached hydrogens (tertiary/aromatic N) is 2. The lowest BCUT2D eigenvalue weighted by atomic mass is 10.5. The summed E-state index contributed by atoms with van der Waals surface area (Å²) >= 11 is 0. The predicted molar refractivity (Wildman–Crippen MR) is 30.5 cm³/mol. The second-order valence-electron chi connectivity index (χ2n) is 1.31. The molecule has 0 aliphatic carbocycles. The number of carbonyl (C=O) groups is 1. The normalized spacial score (nSPS) is 11.8. The van der Waals surface area contributed by atoms with Gasteiger partial charge in [0, 0.05) is 6.92 Å². The van der Waals surface area contributed by atoms with E-state index in [-0.39, 0.29) is 0 Å². The molecule has 5 nitrogen and oxygen atoms in total. The number of rotatable bonds is 2. The van der Waals surface area contributed by atoms with E-state index < -0.39 is 19.3 Å². The van der Waals surface area contributed by atoms with Crippen LogP contribution in [0.3, 0.4) is 0 Å². The zero-order valence-electron chi connectivity index (χ0n) is 4.66. The molecule has 0 heterocycles. The van der Waals surface area contributed by atoms with Gasteiger partial charge < -0.3 is 10.4 Å². The maximum absolute atomic E-state index is 10.2. The molecule has 1 N–H and O–H groups in total. The Kier molecular flexibility index (Phi) is 3.02. The van der Waals surface area contributed by atoms with Crippen LogP contribution in [0.1, 0.15) is 6.92 Å². The van der Waals surface area contributed by atoms with Crippen molar-refractivity contribution in [2.45, 2.75) is 6.92 Å². The summed E-state index contributed by atoms with van der Waals surface area (Å²) in [5, 5.41) is 0. The van der Waals surface area contributed by atoms with Crippen LogP contribution in [-0.2, 0) is 9.36 Å². The quantitative estimate of drug-likeness (QED) is 0.251. The minimum absolute atomic E-state index is 0.667. The predicted octanol–water partition coefficient (Wildman–Crippen LogP) is -0.329. The maximum Gasteiger partial charge on any atom is 0.412 e. The van der Waals surface area contributed by atoms with E-state index in [0.717, 1.165) is 6.92 Å². The molecule has 0 fully saturated rings. The van der Waals surface area contributed by atoms with Crippen LogP contribution < -0.4 is 0 Å². The molecule has 0 bridgehead atoms. The standard InChI is InChI=1S/C3H5N2O3P/c1-2(6)3(5-4)9(7)8/h9H,1H3,(H,7,8). The van der Waals surface area contributed by atoms with E-state index in [4.69, 9.17) is 10.4 Å². The van der Waals surface area contributed by atoms with Crippen molar-refractivity contribution in [3.63, 3.8) is 0 Å². The van der Waals surface area contributed by atoms with Crippen LogP contribution in [0, 0.1) is 0 Å². The maximum atomic E-state index is 10.2. The van der Waals surface area contributed by atoms with Crippen LogP contribution >= 0.6 is 8.03 Å². The fourth-order valence-electron chi connectivity index (χ4n) is 0.264. The van der Waals surface area contributed by atoms with Gasteiger partial charge in [0.05, 0.1) is 0 Å². The lowest BCUT2D eigenvalue weighted by Crippen LogP contribution is -2.05. The fourth-order valence-corrected chi connectivity index (χ4v) is 0.650. The number of Topliss-reactive ketones (excluding diaryl/α,β-unsaturated/α-hetero) is 1. The molecule has 0 spiro atoms. The third-order valence-corrected chi connectivity index (χ3v) is 1.49. The summed E-state index contributed by atoms with van der Waals surface area (Å²) in [5.41, 5.74) is 7.23. The van der Waals surface area contributed by atoms with Crippen molar-refractivity contribution >= 4 is 19.3 Å². The highest BCUT2D eigenvalue weighted by molar-refractivity contribution is 7.61. The van der Waals surface area contributed by atoms with Gasteiger partial charge in [-0.2, -0.15) is 4.79 Å². The summed E-state index contributed by atoms with van der Waals surface area (Å²) in [5.74, 6) is -0.691. The Hall–Kier alpha value is -0.760. The van der Waals surface area contributed by atoms with Crippen molar-refractivity contribution in [1.29, 1.82) is 0 Å². The Bertz CT molecular complexity index is 189. The van der Waals surface area contributed by atoms with Gasteiger partial charge >= 0.3 is 13.5 Å². The average Bonchev–Trinajstić information content (AvgIpc) is 1.64. The molecule has 50 valence electrons. The Morgan fingerprint density at radius 2 is 2.22 bits per heavy atom. The van der Waals surface area contributed by atoms with Crippen LogP contribution in [0.25, 0.3) is 5.53 Å². The molecule has 0 radical (unpaired) electrons. The highest BCUT2D eigenvalue weighted by Gasteiger charge is 2.20. The minimum atomic E-state index is -3.12. The molecular formula is C3H5N2O3P. The second kappa shape index (κ2) is 3.30. The number of hydrogen-bond acceptors (Lipinski definition) is 2. The summed E-state index contributed by atoms with van der Waals surface area (Å²) in [6.07, 6.45) is 0. The van der Waals surface area contributed by atoms with Crippen molar-refractivity contribution in [1.82, 2.24) is 0 Å². The smallest absolute Gasteiger partial charge is 0.360 e. The summed E-state index contributed by atoms with van der Waals surface area (Å²) < 4.78 is 10.0. The molecule has 0 amide bonds. The van der Waals surface area contributed by atoms with E-state index in [1.807, 2.05) is 0 Å². The molecule has 0 aromatic carbocycles. The Morgan fingerprint density at radius 3 is 2.22 bits per heavy atom. The van der Waals surface area contributed by atoms with Crippen LogP contribution in [0.5, 0.6) is 0 Å². The van der Waals surface area contributed by atoms with Crippen molar-refractivity contribution in [3.05, 3.63) is 5.53 Å². The lowest BCUT2D eigenvalue weighted by molar-refractivity contribution is -0.114. The summed E-state index contributed by atoms with van der Waals surface area (Å²) in [4.78, 5) is 20.7. The van der Waals surface area contributed by atoms with Crippen LogP contribution in [-0.4, -0.2) is 20.9 Å². The topological polar surface area (TPSA) is 90.8 Å². The number of ketones is 1. The Balaban J connectivity index is 4.59. The van der Waals surface area contributed by atoms with Gasteiger partial charge in [-0.3, -0.25) is 9.36 Å². The first-order chi connectivity index (χ1) is 4.09. The third-order valence-electron chi connectivity index (χ3n) is 0.636. The van der Waals surface area contributed by atoms with Gasteiger partial charge in [-0.25, -0.2) is 0 Å². The zero-order chi connectivity index (χ0) is 7.44. The largest absolute Gasteiger partial charge is 0.412 e. The summed E-state index contributed by atoms with van der Waals surface area (Å²) in [6, 6.07) is 0. The molecule has 1 atom stereocenters. The van der Waals surface area contributed by atoms with Crippen LogP contribution in [0.15, 0.2) is 0 Å². The molecule has 6 heteroatoms. The molecule has 9 heavy (non-hydrogen) atoms. The first kappa shape index (κ1) is 8.24. The van der Waals surface area contributed by atoms with Gasteiger partial charge in [0.1, 0.15) is 0 Å². The third kappa shape index (κ3) is 2.33. The molecule has 0 aliphatic rings. The first-order valence-corrected chi connectivity index (χ1v) is 3.41. The molecule has 0 aromatic rings. The van der Waals surface area contributed by atoms with E-state index in [1.54, 1.807) is 0 Å². The van der Waals surface area contributed by atoms with Crippen LogP contribution in [0.4, 0.5) is 0 Å². The van der Waals surface area contributed by atoms with E-state index in [9.17, 15) is 9.36 Å². The SMILES string of the molecule is CC(=O)C(=[N+]=[N-])[PH](=O)O. The monoisotopic (exact) mass is 148 g/mol. The Morgan fingerprint density at radius 1 is 1.78 bits per heavy atom. The van der Waals surface area contributed by atoms with E-state index in [2.05, 4.69) is 4.79 Å². The first-order valence-electron chi connectivity index (χ1n) is 2.06. The summed E-state index contributed by atoms with van der Waals surface area (Å²) in [6.45, 7) is 1.05. The minimum Gasteiger partial charge on any atom is -0.360 e. The molecular weight excluding hydrogens is 143 g/mol. The fraction of sp³-hybridized carbons (Fsp3) is 0.333. The molecule has 1 unspecified atom stereocenters. The molecule has 0 rings (SSSR count). The van der Waals surface area contributed by atoms with E-state index in [1.165, 1.54) is 0 Å². The summed E-state index contributed by atoms with van der Waals surface area (Å²) in [7, 11) is -3.12. The zero-order valence-corrected chi connectivity index (χ0v) is 5.66. The van der Waals surface area contributed by atoms with Gasteiger partial charge in [0.15, 0.2) is 0 Å². The van der Waals surface area contributed by atoms with Crippen molar-refractivity contribution < 1.29 is 19.0 Å². The molecule has 0 saturated carbocycles. The second-order valence-corrected chi connectivity index (χ2v) is 2.39. The molecule has 0 saturated heterocycles. The van der Waals surface area contributed by atoms with E-state index in [0.29, 0.717) is 0 Å². The highest BCUT2D eigenvalue weighted by atomic mass is 31.1. The van der Waals surface area contributed by atoms with Gasteiger partial charge in [0.2, 0.25) is 5.78 Å². The van der Waals surface area contributed by atoms with E-state index >= 15 is 0 Å². The van der Waals surface area contributed by atoms with Crippen molar-refractivity contribution in [2.75, 3.05) is 0 Å². The highest BCUT2D eigenvalue weighted by Crippen LogP contribution is 2.13. The van der Waals surface area contributed by atoms with Gasteiger partial charge in [-0.05, 0) is 0 Å². The van der Waals surface area contributed by atoms with Gasteiger partial charge in [0.25, 0.3) is 0 Å². The van der Waals surface area contributed by atoms with Crippen molar-refractivity contribution in [2.24, 2.45) is 0 Å².